The smallest absolute Gasteiger partial charge is 0.241 e. The van der Waals surface area contributed by atoms with Gasteiger partial charge in [0, 0.05) is 12.6 Å². The number of benzene rings is 1. The summed E-state index contributed by atoms with van der Waals surface area (Å²) in [5.41, 5.74) is 1.39. The van der Waals surface area contributed by atoms with Crippen molar-refractivity contribution in [2.45, 2.75) is 45.1 Å². The van der Waals surface area contributed by atoms with Crippen molar-refractivity contribution >= 4 is 10.0 Å². The van der Waals surface area contributed by atoms with Gasteiger partial charge in [-0.3, -0.25) is 0 Å². The normalized spacial score (nSPS) is 11.9. The molecule has 1 rings (SSSR count). The van der Waals surface area contributed by atoms with Gasteiger partial charge in [-0.05, 0) is 50.1 Å². The van der Waals surface area contributed by atoms with Crippen molar-refractivity contribution in [2.75, 3.05) is 20.2 Å². The first-order valence-electron chi connectivity index (χ1n) is 7.16. The van der Waals surface area contributed by atoms with Gasteiger partial charge in [-0.25, -0.2) is 13.1 Å². The van der Waals surface area contributed by atoms with Gasteiger partial charge >= 0.3 is 0 Å². The zero-order chi connectivity index (χ0) is 16.0. The summed E-state index contributed by atoms with van der Waals surface area (Å²) >= 11 is 0. The second-order valence-corrected chi connectivity index (χ2v) is 7.15. The molecule has 0 spiro atoms. The number of hydrogen-bond donors (Lipinski definition) is 2. The topological polar surface area (TPSA) is 67.4 Å². The van der Waals surface area contributed by atoms with E-state index >= 15 is 0 Å². The van der Waals surface area contributed by atoms with Crippen LogP contribution in [0.2, 0.25) is 0 Å². The van der Waals surface area contributed by atoms with E-state index in [4.69, 9.17) is 4.74 Å². The van der Waals surface area contributed by atoms with Crippen LogP contribution in [-0.4, -0.2) is 34.7 Å². The maximum Gasteiger partial charge on any atom is 0.241 e. The molecule has 0 saturated heterocycles. The molecule has 2 N–H and O–H groups in total. The van der Waals surface area contributed by atoms with Crippen molar-refractivity contribution in [2.24, 2.45) is 0 Å². The molecule has 0 unspecified atom stereocenters. The third kappa shape index (κ3) is 5.30. The number of sulfonamides is 1. The predicted octanol–water partition coefficient (Wildman–Crippen LogP) is 1.98. The van der Waals surface area contributed by atoms with Crippen molar-refractivity contribution < 1.29 is 13.2 Å². The predicted molar refractivity (Wildman–Crippen MR) is 85.4 cm³/mol. The van der Waals surface area contributed by atoms with Crippen LogP contribution in [0, 0.1) is 13.8 Å². The molecule has 0 radical (unpaired) electrons. The monoisotopic (exact) mass is 314 g/mol. The van der Waals surface area contributed by atoms with Crippen LogP contribution in [-0.2, 0) is 10.0 Å². The summed E-state index contributed by atoms with van der Waals surface area (Å²) in [6, 6.07) is 3.89. The number of nitrogens with one attached hydrogen (secondary N) is 2. The van der Waals surface area contributed by atoms with Crippen LogP contribution in [0.5, 0.6) is 5.75 Å². The fourth-order valence-corrected chi connectivity index (χ4v) is 3.73. The Kier molecular flexibility index (Phi) is 6.64. The summed E-state index contributed by atoms with van der Waals surface area (Å²) in [4.78, 5) is 0.347. The summed E-state index contributed by atoms with van der Waals surface area (Å²) in [5.74, 6) is 0.671. The molecule has 0 aliphatic heterocycles. The Bertz CT molecular complexity index is 545. The molecule has 0 aliphatic carbocycles. The first-order chi connectivity index (χ1) is 9.77. The third-order valence-electron chi connectivity index (χ3n) is 3.14. The summed E-state index contributed by atoms with van der Waals surface area (Å²) < 4.78 is 32.6. The van der Waals surface area contributed by atoms with E-state index in [1.165, 1.54) is 0 Å². The number of ether oxygens (including phenoxy) is 1. The Hall–Kier alpha value is -1.11. The minimum Gasteiger partial charge on any atom is -0.497 e. The second kappa shape index (κ2) is 7.77. The second-order valence-electron chi connectivity index (χ2n) is 5.45. The van der Waals surface area contributed by atoms with Crippen LogP contribution in [0.1, 0.15) is 31.4 Å². The van der Waals surface area contributed by atoms with E-state index in [-0.39, 0.29) is 0 Å². The van der Waals surface area contributed by atoms with Gasteiger partial charge in [-0.15, -0.1) is 0 Å². The number of aryl methyl sites for hydroxylation is 2. The molecule has 120 valence electrons. The highest BCUT2D eigenvalue weighted by molar-refractivity contribution is 7.89. The lowest BCUT2D eigenvalue weighted by Crippen LogP contribution is -2.30. The fraction of sp³-hybridized carbons (Fsp3) is 0.600. The maximum atomic E-state index is 12.4. The van der Waals surface area contributed by atoms with Crippen LogP contribution in [0.4, 0.5) is 0 Å². The molecular formula is C15H26N2O3S. The Balaban J connectivity index is 2.75. The zero-order valence-corrected chi connectivity index (χ0v) is 14.3. The van der Waals surface area contributed by atoms with Gasteiger partial charge in [-0.2, -0.15) is 0 Å². The van der Waals surface area contributed by atoms with E-state index < -0.39 is 10.0 Å². The Morgan fingerprint density at radius 3 is 2.19 bits per heavy atom. The average Bonchev–Trinajstić information content (AvgIpc) is 2.36. The van der Waals surface area contributed by atoms with Crippen LogP contribution in [0.3, 0.4) is 0 Å². The highest BCUT2D eigenvalue weighted by atomic mass is 32.2. The summed E-state index contributed by atoms with van der Waals surface area (Å²) in [7, 11) is -1.91. The third-order valence-corrected chi connectivity index (χ3v) is 4.90. The fourth-order valence-electron chi connectivity index (χ4n) is 2.21. The SMILES string of the molecule is COc1cc(C)c(S(=O)(=O)NCCCNC(C)C)c(C)c1. The molecule has 6 heteroatoms. The molecule has 0 fully saturated rings. The van der Waals surface area contributed by atoms with E-state index in [0.717, 1.165) is 13.0 Å². The van der Waals surface area contributed by atoms with E-state index in [2.05, 4.69) is 23.9 Å². The van der Waals surface area contributed by atoms with E-state index in [1.807, 2.05) is 0 Å². The summed E-state index contributed by atoms with van der Waals surface area (Å²) in [6.45, 7) is 8.91. The maximum absolute atomic E-state index is 12.4. The Labute approximate surface area is 128 Å². The molecule has 0 aromatic heterocycles. The number of methoxy groups -OCH3 is 1. The van der Waals surface area contributed by atoms with Crippen molar-refractivity contribution in [3.63, 3.8) is 0 Å². The van der Waals surface area contributed by atoms with Gasteiger partial charge in [0.25, 0.3) is 0 Å². The molecule has 0 atom stereocenters. The molecular weight excluding hydrogens is 288 g/mol. The van der Waals surface area contributed by atoms with Crippen molar-refractivity contribution in [1.29, 1.82) is 0 Å². The Morgan fingerprint density at radius 2 is 1.71 bits per heavy atom. The van der Waals surface area contributed by atoms with Gasteiger partial charge < -0.3 is 10.1 Å². The summed E-state index contributed by atoms with van der Waals surface area (Å²) in [6.07, 6.45) is 0.756. The van der Waals surface area contributed by atoms with Crippen LogP contribution < -0.4 is 14.8 Å². The lowest BCUT2D eigenvalue weighted by molar-refractivity contribution is 0.413. The zero-order valence-electron chi connectivity index (χ0n) is 13.5. The highest BCUT2D eigenvalue weighted by Gasteiger charge is 2.19. The Morgan fingerprint density at radius 1 is 1.14 bits per heavy atom. The minimum atomic E-state index is -3.48. The van der Waals surface area contributed by atoms with E-state index in [1.54, 1.807) is 33.1 Å². The van der Waals surface area contributed by atoms with Gasteiger partial charge in [0.15, 0.2) is 0 Å². The molecule has 0 aliphatic rings. The van der Waals surface area contributed by atoms with Gasteiger partial charge in [0.1, 0.15) is 5.75 Å². The average molecular weight is 314 g/mol. The minimum absolute atomic E-state index is 0.347. The first-order valence-corrected chi connectivity index (χ1v) is 8.64. The molecule has 0 bridgehead atoms. The molecule has 0 saturated carbocycles. The van der Waals surface area contributed by atoms with Crippen molar-refractivity contribution in [3.05, 3.63) is 23.3 Å². The van der Waals surface area contributed by atoms with Crippen LogP contribution >= 0.6 is 0 Å². The lowest BCUT2D eigenvalue weighted by Gasteiger charge is -2.14. The first kappa shape index (κ1) is 17.9. The molecule has 0 amide bonds. The molecule has 0 heterocycles. The molecule has 1 aromatic carbocycles. The van der Waals surface area contributed by atoms with Gasteiger partial charge in [0.2, 0.25) is 10.0 Å². The largest absolute Gasteiger partial charge is 0.497 e. The molecule has 1 aromatic rings. The molecule has 21 heavy (non-hydrogen) atoms. The quantitative estimate of drug-likeness (QED) is 0.720. The van der Waals surface area contributed by atoms with Gasteiger partial charge in [-0.1, -0.05) is 13.8 Å². The van der Waals surface area contributed by atoms with Crippen LogP contribution in [0.25, 0.3) is 0 Å². The summed E-state index contributed by atoms with van der Waals surface area (Å²) in [5, 5.41) is 3.26. The van der Waals surface area contributed by atoms with E-state index in [0.29, 0.717) is 34.4 Å². The number of rotatable bonds is 8. The van der Waals surface area contributed by atoms with Gasteiger partial charge in [0.05, 0.1) is 12.0 Å². The van der Waals surface area contributed by atoms with Crippen molar-refractivity contribution in [3.8, 4) is 5.75 Å². The van der Waals surface area contributed by atoms with E-state index in [9.17, 15) is 8.42 Å². The van der Waals surface area contributed by atoms with Crippen LogP contribution in [0.15, 0.2) is 17.0 Å². The number of hydrogen-bond acceptors (Lipinski definition) is 4. The molecule has 5 nitrogen and oxygen atoms in total. The standard InChI is InChI=1S/C15H26N2O3S/c1-11(2)16-7-6-8-17-21(18,19)15-12(3)9-14(20-5)10-13(15)4/h9-11,16-17H,6-8H2,1-5H3. The lowest BCUT2D eigenvalue weighted by atomic mass is 10.1. The van der Waals surface area contributed by atoms with Crippen molar-refractivity contribution in [1.82, 2.24) is 10.0 Å². The highest BCUT2D eigenvalue weighted by Crippen LogP contribution is 2.25.